The number of hydrogen-bond acceptors (Lipinski definition) is 6. The van der Waals surface area contributed by atoms with Crippen LogP contribution in [-0.4, -0.2) is 47.6 Å². The second-order valence-electron chi connectivity index (χ2n) is 6.61. The maximum absolute atomic E-state index is 12.4. The van der Waals surface area contributed by atoms with Gasteiger partial charge in [0, 0.05) is 12.0 Å². The minimum Gasteiger partial charge on any atom is -0.458 e. The number of ether oxygens (including phenoxy) is 2. The fourth-order valence-electron chi connectivity index (χ4n) is 3.25. The number of allylic oxidation sites excluding steroid dienone is 3. The highest BCUT2D eigenvalue weighted by atomic mass is 16.6. The van der Waals surface area contributed by atoms with E-state index in [0.29, 0.717) is 0 Å². The Bertz CT molecular complexity index is 670. The minimum atomic E-state index is -0.728. The molecular weight excluding hydrogens is 336 g/mol. The second-order valence-corrected chi connectivity index (χ2v) is 6.61. The maximum atomic E-state index is 12.4. The Hall–Kier alpha value is -2.18. The Morgan fingerprint density at radius 3 is 2.81 bits per heavy atom. The summed E-state index contributed by atoms with van der Waals surface area (Å²) in [5.41, 5.74) is 2.17. The van der Waals surface area contributed by atoms with Gasteiger partial charge in [0.2, 0.25) is 0 Å². The SMILES string of the molecule is C=C1C(=O)O[C@@H]2/C=C(\C)CC/C=C(\CO)C[C@@H](OC(=O)/C(=C/C)CO)[C@@H]12. The summed E-state index contributed by atoms with van der Waals surface area (Å²) in [5.74, 6) is -1.69. The lowest BCUT2D eigenvalue weighted by molar-refractivity contribution is -0.147. The number of fused-ring (bicyclic) bond motifs is 1. The molecule has 3 atom stereocenters. The van der Waals surface area contributed by atoms with E-state index in [1.165, 1.54) is 6.08 Å². The van der Waals surface area contributed by atoms with Crippen molar-refractivity contribution in [3.05, 3.63) is 47.1 Å². The molecule has 0 aromatic carbocycles. The van der Waals surface area contributed by atoms with Crippen LogP contribution in [0.5, 0.6) is 0 Å². The fourth-order valence-corrected chi connectivity index (χ4v) is 3.25. The van der Waals surface area contributed by atoms with Gasteiger partial charge in [-0.1, -0.05) is 24.3 Å². The zero-order valence-corrected chi connectivity index (χ0v) is 15.2. The van der Waals surface area contributed by atoms with Crippen LogP contribution in [0.25, 0.3) is 0 Å². The van der Waals surface area contributed by atoms with E-state index in [1.807, 2.05) is 19.1 Å². The summed E-state index contributed by atoms with van der Waals surface area (Å²) in [6.07, 6.45) is 5.80. The first-order valence-corrected chi connectivity index (χ1v) is 8.74. The van der Waals surface area contributed by atoms with Gasteiger partial charge in [0.25, 0.3) is 0 Å². The summed E-state index contributed by atoms with van der Waals surface area (Å²) in [6.45, 7) is 6.81. The van der Waals surface area contributed by atoms with E-state index in [0.717, 1.165) is 24.0 Å². The third-order valence-electron chi connectivity index (χ3n) is 4.79. The van der Waals surface area contributed by atoms with Crippen molar-refractivity contribution in [2.75, 3.05) is 13.2 Å². The largest absolute Gasteiger partial charge is 0.458 e. The molecule has 6 nitrogen and oxygen atoms in total. The standard InChI is InChI=1S/C20H26O6/c1-4-15(11-22)20(24)26-17-9-14(10-21)7-5-6-12(2)8-16-18(17)13(3)19(23)25-16/h4,7-8,16-18,21-22H,3,5-6,9-11H2,1-2H3/b12-8+,14-7-,15-4+/t16-,17-,18+/m1/s1. The van der Waals surface area contributed by atoms with Crippen LogP contribution in [0.3, 0.4) is 0 Å². The number of esters is 2. The number of aliphatic hydroxyl groups is 2. The summed E-state index contributed by atoms with van der Waals surface area (Å²) >= 11 is 0. The van der Waals surface area contributed by atoms with Crippen molar-refractivity contribution in [2.45, 2.75) is 45.3 Å². The van der Waals surface area contributed by atoms with Gasteiger partial charge in [0.15, 0.2) is 0 Å². The fraction of sp³-hybridized carbons (Fsp3) is 0.500. The maximum Gasteiger partial charge on any atom is 0.336 e. The van der Waals surface area contributed by atoms with Crippen LogP contribution >= 0.6 is 0 Å². The van der Waals surface area contributed by atoms with Crippen LogP contribution in [-0.2, 0) is 19.1 Å². The van der Waals surface area contributed by atoms with Gasteiger partial charge in [-0.05, 0) is 38.3 Å². The molecule has 0 aromatic rings. The molecule has 1 saturated heterocycles. The van der Waals surface area contributed by atoms with Crippen LogP contribution in [0.1, 0.15) is 33.1 Å². The highest BCUT2D eigenvalue weighted by Gasteiger charge is 2.44. The van der Waals surface area contributed by atoms with Crippen LogP contribution in [0, 0.1) is 5.92 Å². The van der Waals surface area contributed by atoms with Gasteiger partial charge in [-0.3, -0.25) is 0 Å². The number of carbonyl (C=O) groups excluding carboxylic acids is 2. The van der Waals surface area contributed by atoms with Gasteiger partial charge in [-0.2, -0.15) is 0 Å². The summed E-state index contributed by atoms with van der Waals surface area (Å²) in [6, 6.07) is 0. The molecule has 142 valence electrons. The quantitative estimate of drug-likeness (QED) is 0.451. The molecule has 1 fully saturated rings. The predicted octanol–water partition coefficient (Wildman–Crippen LogP) is 1.98. The zero-order chi connectivity index (χ0) is 19.3. The molecular formula is C20H26O6. The van der Waals surface area contributed by atoms with Crippen LogP contribution in [0.15, 0.2) is 47.1 Å². The molecule has 6 heteroatoms. The lowest BCUT2D eigenvalue weighted by Crippen LogP contribution is -2.34. The van der Waals surface area contributed by atoms with Gasteiger partial charge >= 0.3 is 11.9 Å². The van der Waals surface area contributed by atoms with E-state index >= 15 is 0 Å². The van der Waals surface area contributed by atoms with Gasteiger partial charge in [-0.25, -0.2) is 9.59 Å². The van der Waals surface area contributed by atoms with Crippen LogP contribution < -0.4 is 0 Å². The Kier molecular flexibility index (Phi) is 6.94. The minimum absolute atomic E-state index is 0.135. The van der Waals surface area contributed by atoms with E-state index in [-0.39, 0.29) is 24.2 Å². The Morgan fingerprint density at radius 1 is 1.46 bits per heavy atom. The number of hydrogen-bond donors (Lipinski definition) is 2. The van der Waals surface area contributed by atoms with Gasteiger partial charge < -0.3 is 19.7 Å². The number of aliphatic hydroxyl groups excluding tert-OH is 2. The van der Waals surface area contributed by atoms with E-state index in [2.05, 4.69) is 6.58 Å². The highest BCUT2D eigenvalue weighted by molar-refractivity contribution is 5.92. The third kappa shape index (κ3) is 4.51. The van der Waals surface area contributed by atoms with E-state index in [1.54, 1.807) is 6.92 Å². The monoisotopic (exact) mass is 362 g/mol. The third-order valence-corrected chi connectivity index (χ3v) is 4.79. The molecule has 0 spiro atoms. The van der Waals surface area contributed by atoms with Crippen LogP contribution in [0.2, 0.25) is 0 Å². The first kappa shape index (κ1) is 20.1. The van der Waals surface area contributed by atoms with Crippen molar-refractivity contribution < 1.29 is 29.3 Å². The van der Waals surface area contributed by atoms with Gasteiger partial charge in [-0.15, -0.1) is 0 Å². The van der Waals surface area contributed by atoms with Crippen molar-refractivity contribution >= 4 is 11.9 Å². The van der Waals surface area contributed by atoms with Crippen molar-refractivity contribution in [3.8, 4) is 0 Å². The van der Waals surface area contributed by atoms with Crippen molar-refractivity contribution in [1.82, 2.24) is 0 Å². The zero-order valence-electron chi connectivity index (χ0n) is 15.2. The first-order chi connectivity index (χ1) is 12.4. The van der Waals surface area contributed by atoms with Crippen molar-refractivity contribution in [2.24, 2.45) is 5.92 Å². The average Bonchev–Trinajstić information content (AvgIpc) is 2.87. The average molecular weight is 362 g/mol. The van der Waals surface area contributed by atoms with Gasteiger partial charge in [0.1, 0.15) is 12.2 Å². The smallest absolute Gasteiger partial charge is 0.336 e. The van der Waals surface area contributed by atoms with E-state index in [4.69, 9.17) is 9.47 Å². The number of rotatable bonds is 4. The van der Waals surface area contributed by atoms with E-state index in [9.17, 15) is 19.8 Å². The molecule has 1 heterocycles. The lowest BCUT2D eigenvalue weighted by Gasteiger charge is -2.28. The predicted molar refractivity (Wildman–Crippen MR) is 96.0 cm³/mol. The molecule has 26 heavy (non-hydrogen) atoms. The topological polar surface area (TPSA) is 93.1 Å². The number of carbonyl (C=O) groups is 2. The molecule has 0 saturated carbocycles. The first-order valence-electron chi connectivity index (χ1n) is 8.74. The second kappa shape index (κ2) is 8.96. The molecule has 2 aliphatic rings. The van der Waals surface area contributed by atoms with Crippen molar-refractivity contribution in [3.63, 3.8) is 0 Å². The molecule has 0 amide bonds. The molecule has 2 rings (SSSR count). The van der Waals surface area contributed by atoms with Crippen LogP contribution in [0.4, 0.5) is 0 Å². The molecule has 0 unspecified atom stereocenters. The molecule has 1 aliphatic carbocycles. The summed E-state index contributed by atoms with van der Waals surface area (Å²) < 4.78 is 11.0. The van der Waals surface area contributed by atoms with Crippen molar-refractivity contribution in [1.29, 1.82) is 0 Å². The molecule has 0 radical (unpaired) electrons. The van der Waals surface area contributed by atoms with E-state index < -0.39 is 36.7 Å². The molecule has 1 aliphatic heterocycles. The molecule has 2 N–H and O–H groups in total. The summed E-state index contributed by atoms with van der Waals surface area (Å²) in [7, 11) is 0. The highest BCUT2D eigenvalue weighted by Crippen LogP contribution is 2.36. The summed E-state index contributed by atoms with van der Waals surface area (Å²) in [4.78, 5) is 24.4. The summed E-state index contributed by atoms with van der Waals surface area (Å²) in [5, 5.41) is 18.9. The Morgan fingerprint density at radius 2 is 2.19 bits per heavy atom. The Labute approximate surface area is 153 Å². The van der Waals surface area contributed by atoms with Gasteiger partial charge in [0.05, 0.1) is 24.7 Å². The Balaban J connectivity index is 2.40. The normalized spacial score (nSPS) is 31.2. The molecule has 0 bridgehead atoms. The molecule has 0 aromatic heterocycles. The lowest BCUT2D eigenvalue weighted by atomic mass is 9.85.